The number of phenols is 2. The lowest BCUT2D eigenvalue weighted by atomic mass is 9.72. The van der Waals surface area contributed by atoms with Crippen molar-refractivity contribution in [3.63, 3.8) is 0 Å². The Bertz CT molecular complexity index is 1760. The Morgan fingerprint density at radius 3 is 2.40 bits per heavy atom. The number of hydrogen-bond donors (Lipinski definition) is 7. The van der Waals surface area contributed by atoms with Gasteiger partial charge in [-0.15, -0.1) is 23.2 Å². The molecule has 2 heterocycles. The minimum Gasteiger partial charge on any atom is -0.507 e. The number of halogens is 2. The average Bonchev–Trinajstić information content (AvgIpc) is 3.13. The van der Waals surface area contributed by atoms with Crippen LogP contribution < -0.4 is 15.6 Å². The van der Waals surface area contributed by atoms with Crippen LogP contribution in [-0.4, -0.2) is 129 Å². The zero-order chi connectivity index (χ0) is 38.8. The normalized spacial score (nSPS) is 29.4. The monoisotopic (exact) mass is 803 g/mol. The molecule has 292 valence electrons. The Hall–Kier alpha value is -2.70. The number of ketones is 3. The van der Waals surface area contributed by atoms with E-state index in [0.29, 0.717) is 31.5 Å². The van der Waals surface area contributed by atoms with E-state index >= 15 is 0 Å². The molecule has 7 atom stereocenters. The van der Waals surface area contributed by atoms with Crippen LogP contribution in [0.5, 0.6) is 17.2 Å². The molecule has 19 heteroatoms. The number of carbonyl (C=O) groups is 3. The van der Waals surface area contributed by atoms with E-state index in [4.69, 9.17) is 47.7 Å². The first-order chi connectivity index (χ1) is 25.2. The summed E-state index contributed by atoms with van der Waals surface area (Å²) in [7, 11) is -1.52. The molecule has 1 unspecified atom stereocenters. The highest BCUT2D eigenvalue weighted by Gasteiger charge is 2.50. The van der Waals surface area contributed by atoms with Crippen LogP contribution in [0.25, 0.3) is 0 Å². The molecule has 2 aliphatic carbocycles. The molecule has 4 aliphatic rings. The molecule has 0 aromatic heterocycles. The molecule has 6 rings (SSSR count). The highest BCUT2D eigenvalue weighted by atomic mass is 35.5. The van der Waals surface area contributed by atoms with Gasteiger partial charge >= 0.3 is 7.67 Å². The number of hydrogen-bond acceptors (Lipinski definition) is 14. The predicted octanol–water partition coefficient (Wildman–Crippen LogP) is 1.89. The van der Waals surface area contributed by atoms with Crippen LogP contribution in [-0.2, 0) is 29.8 Å². The topological polar surface area (TPSA) is 248 Å². The van der Waals surface area contributed by atoms with Gasteiger partial charge in [-0.3, -0.25) is 18.9 Å². The Labute approximate surface area is 315 Å². The molecule has 0 radical (unpaired) electrons. The zero-order valence-electron chi connectivity index (χ0n) is 29.1. The maximum atomic E-state index is 13.6. The molecule has 2 aliphatic heterocycles. The molecule has 2 fully saturated rings. The fraction of sp³-hybridized carbons (Fsp3) is 0.559. The molecule has 0 amide bonds. The van der Waals surface area contributed by atoms with E-state index in [-0.39, 0.29) is 34.4 Å². The summed E-state index contributed by atoms with van der Waals surface area (Å²) in [5.41, 5.74) is 2.37. The molecule has 2 aromatic carbocycles. The third kappa shape index (κ3) is 8.02. The molecule has 0 spiro atoms. The smallest absolute Gasteiger partial charge is 0.343 e. The number of phenolic OH excluding ortho intramolecular Hbond substituents is 2. The molecule has 0 bridgehead atoms. The van der Waals surface area contributed by atoms with Crippen LogP contribution in [0, 0.1) is 0 Å². The Morgan fingerprint density at radius 1 is 1.13 bits per heavy atom. The Balaban J connectivity index is 0.000000326. The first-order valence-electron chi connectivity index (χ1n) is 17.0. The highest BCUT2D eigenvalue weighted by Crippen LogP contribution is 2.53. The molecule has 16 nitrogen and oxygen atoms in total. The van der Waals surface area contributed by atoms with Gasteiger partial charge in [-0.2, -0.15) is 0 Å². The minimum atomic E-state index is -2.84. The SMILES string of the molecule is COc1cccc2c1C(=O)c1c(O)c3c(c(O)c1C2=O)C[C@@](O)(C(=O)CO)C[C@@H]3O[C@H]1C[C@H](N)[C@H](O)[C@H](C)O1.O=P1(N(CCCl)CCCl)NCCCO1. The van der Waals surface area contributed by atoms with Gasteiger partial charge in [0.1, 0.15) is 29.5 Å². The number of aliphatic hydroxyl groups is 3. The summed E-state index contributed by atoms with van der Waals surface area (Å²) >= 11 is 11.2. The van der Waals surface area contributed by atoms with Crippen molar-refractivity contribution in [3.05, 3.63) is 51.6 Å². The number of aliphatic hydroxyl groups excluding tert-OH is 2. The van der Waals surface area contributed by atoms with Gasteiger partial charge in [-0.05, 0) is 19.4 Å². The number of rotatable bonds is 10. The zero-order valence-corrected chi connectivity index (χ0v) is 31.5. The van der Waals surface area contributed by atoms with Crippen LogP contribution >= 0.6 is 30.9 Å². The number of fused-ring (bicyclic) bond motifs is 3. The van der Waals surface area contributed by atoms with Crippen molar-refractivity contribution in [2.75, 3.05) is 51.7 Å². The molecule has 0 saturated carbocycles. The van der Waals surface area contributed by atoms with Crippen LogP contribution in [0.1, 0.15) is 75.3 Å². The third-order valence-electron chi connectivity index (χ3n) is 9.76. The van der Waals surface area contributed by atoms with Crippen molar-refractivity contribution in [2.24, 2.45) is 5.73 Å². The Morgan fingerprint density at radius 2 is 1.81 bits per heavy atom. The van der Waals surface area contributed by atoms with E-state index in [9.17, 15) is 44.5 Å². The lowest BCUT2D eigenvalue weighted by Gasteiger charge is -2.42. The summed E-state index contributed by atoms with van der Waals surface area (Å²) in [6, 6.07) is 3.64. The molecule has 2 aromatic rings. The number of methoxy groups -OCH3 is 1. The van der Waals surface area contributed by atoms with Gasteiger partial charge in [0.25, 0.3) is 0 Å². The van der Waals surface area contributed by atoms with Crippen LogP contribution in [0.2, 0.25) is 0 Å². The van der Waals surface area contributed by atoms with E-state index in [2.05, 4.69) is 5.09 Å². The van der Waals surface area contributed by atoms with Crippen molar-refractivity contribution in [2.45, 2.75) is 68.9 Å². The fourth-order valence-corrected chi connectivity index (χ4v) is 9.67. The van der Waals surface area contributed by atoms with E-state index < -0.39 is 103 Å². The summed E-state index contributed by atoms with van der Waals surface area (Å²) < 4.78 is 36.2. The van der Waals surface area contributed by atoms with Crippen molar-refractivity contribution >= 4 is 48.2 Å². The summed E-state index contributed by atoms with van der Waals surface area (Å²) in [6.45, 7) is 2.87. The largest absolute Gasteiger partial charge is 0.507 e. The van der Waals surface area contributed by atoms with Gasteiger partial charge in [0.15, 0.2) is 17.9 Å². The average molecular weight is 805 g/mol. The van der Waals surface area contributed by atoms with Crippen molar-refractivity contribution in [1.82, 2.24) is 9.76 Å². The summed E-state index contributed by atoms with van der Waals surface area (Å²) in [6.07, 6.45) is -4.23. The fourth-order valence-electron chi connectivity index (χ4n) is 7.03. The molecule has 8 N–H and O–H groups in total. The quantitative estimate of drug-likeness (QED) is 0.0879. The molecular formula is C34H44Cl2N3O13P. The number of aromatic hydroxyl groups is 2. The molecule has 2 saturated heterocycles. The van der Waals surface area contributed by atoms with Crippen LogP contribution in [0.3, 0.4) is 0 Å². The number of nitrogens with one attached hydrogen (secondary N) is 1. The number of benzene rings is 2. The van der Waals surface area contributed by atoms with E-state index in [0.717, 1.165) is 13.0 Å². The van der Waals surface area contributed by atoms with Crippen LogP contribution in [0.15, 0.2) is 18.2 Å². The van der Waals surface area contributed by atoms with Crippen molar-refractivity contribution in [1.29, 1.82) is 0 Å². The number of carbonyl (C=O) groups excluding carboxylic acids is 3. The third-order valence-corrected chi connectivity index (χ3v) is 12.4. The summed E-state index contributed by atoms with van der Waals surface area (Å²) in [5, 5.41) is 56.6. The first kappa shape index (κ1) is 41.5. The molecule has 53 heavy (non-hydrogen) atoms. The maximum absolute atomic E-state index is 13.6. The summed E-state index contributed by atoms with van der Waals surface area (Å²) in [4.78, 5) is 39.7. The number of ether oxygens (including phenoxy) is 3. The predicted molar refractivity (Wildman–Crippen MR) is 191 cm³/mol. The minimum absolute atomic E-state index is 0.0173. The second kappa shape index (κ2) is 17.0. The van der Waals surface area contributed by atoms with Gasteiger partial charge in [-0.25, -0.2) is 9.76 Å². The van der Waals surface area contributed by atoms with Gasteiger partial charge in [-0.1, -0.05) is 12.1 Å². The lowest BCUT2D eigenvalue weighted by molar-refractivity contribution is -0.247. The van der Waals surface area contributed by atoms with Gasteiger partial charge in [0.05, 0.1) is 48.7 Å². The number of nitrogens with zero attached hydrogens (tertiary/aromatic N) is 1. The number of alkyl halides is 2. The van der Waals surface area contributed by atoms with Crippen molar-refractivity contribution in [3.8, 4) is 17.2 Å². The lowest BCUT2D eigenvalue weighted by Crippen LogP contribution is -2.53. The molecular weight excluding hydrogens is 760 g/mol. The number of nitrogens with two attached hydrogens (primary N) is 1. The second-order valence-corrected chi connectivity index (χ2v) is 16.0. The van der Waals surface area contributed by atoms with Gasteiger partial charge in [0.2, 0.25) is 5.78 Å². The first-order valence-corrected chi connectivity index (χ1v) is 19.7. The van der Waals surface area contributed by atoms with E-state index in [1.807, 2.05) is 0 Å². The van der Waals surface area contributed by atoms with Gasteiger partial charge in [0, 0.05) is 73.4 Å². The summed E-state index contributed by atoms with van der Waals surface area (Å²) in [5.74, 6) is -2.93. The second-order valence-electron chi connectivity index (χ2n) is 13.1. The Kier molecular flexibility index (Phi) is 13.3. The standard InChI is InChI=1S/C27H29NO11.C7H15Cl2N2O2P/c1-10-22(31)13(28)6-17(38-10)39-15-8-27(36,16(30)9-29)7-12-19(15)26(35)21-20(24(12)33)23(32)11-4-3-5-14(37-2)18(11)25(21)34;8-2-5-11(6-3-9)14(12)10-4-1-7-13-14/h3-5,10,13,15,17,22,29,31,33,35-36H,6-9,28H2,1-2H3;1-7H2,(H,10,12)/t10-,13-,15-,17-,22+,27-;/m0./s1. The highest BCUT2D eigenvalue weighted by molar-refractivity contribution is 7.54. The van der Waals surface area contributed by atoms with Crippen molar-refractivity contribution < 1.29 is 63.2 Å². The van der Waals surface area contributed by atoms with E-state index in [1.54, 1.807) is 11.6 Å². The maximum Gasteiger partial charge on any atom is 0.343 e. The van der Waals surface area contributed by atoms with E-state index in [1.165, 1.54) is 25.3 Å². The van der Waals surface area contributed by atoms with Gasteiger partial charge < -0.3 is 50.0 Å². The number of Topliss-reactive ketones (excluding diaryl/α,β-unsaturated/α-hetero) is 1. The van der Waals surface area contributed by atoms with Crippen LogP contribution in [0.4, 0.5) is 0 Å².